The number of para-hydroxylation sites is 2. The fourth-order valence-corrected chi connectivity index (χ4v) is 3.49. The number of aromatic amines is 1. The van der Waals surface area contributed by atoms with E-state index in [1.54, 1.807) is 12.4 Å². The SMILES string of the molecule is Cn1c(CN[C@H]2CCCN(c3ncc[nH]c3=O)C2)nc2ccccc21. The predicted octanol–water partition coefficient (Wildman–Crippen LogP) is 1.42. The zero-order valence-corrected chi connectivity index (χ0v) is 14.3. The minimum atomic E-state index is -0.126. The Morgan fingerprint density at radius 1 is 1.36 bits per heavy atom. The summed E-state index contributed by atoms with van der Waals surface area (Å²) in [5.41, 5.74) is 2.04. The van der Waals surface area contributed by atoms with Crippen LogP contribution in [-0.2, 0) is 13.6 Å². The van der Waals surface area contributed by atoms with Gasteiger partial charge in [-0.15, -0.1) is 0 Å². The zero-order valence-electron chi connectivity index (χ0n) is 14.3. The number of hydrogen-bond acceptors (Lipinski definition) is 5. The lowest BCUT2D eigenvalue weighted by atomic mass is 10.1. The van der Waals surface area contributed by atoms with E-state index in [1.807, 2.05) is 25.2 Å². The van der Waals surface area contributed by atoms with Crippen LogP contribution in [0.3, 0.4) is 0 Å². The van der Waals surface area contributed by atoms with Crippen LogP contribution in [0, 0.1) is 0 Å². The summed E-state index contributed by atoms with van der Waals surface area (Å²) in [6.07, 6.45) is 5.33. The van der Waals surface area contributed by atoms with E-state index >= 15 is 0 Å². The van der Waals surface area contributed by atoms with Crippen molar-refractivity contribution < 1.29 is 0 Å². The van der Waals surface area contributed by atoms with Crippen LogP contribution >= 0.6 is 0 Å². The van der Waals surface area contributed by atoms with E-state index in [0.717, 1.165) is 42.8 Å². The maximum absolute atomic E-state index is 12.0. The van der Waals surface area contributed by atoms with E-state index in [9.17, 15) is 4.79 Å². The largest absolute Gasteiger partial charge is 0.350 e. The second-order valence-corrected chi connectivity index (χ2v) is 6.48. The molecule has 0 saturated carbocycles. The van der Waals surface area contributed by atoms with Crippen molar-refractivity contribution in [3.05, 3.63) is 52.8 Å². The molecule has 2 N–H and O–H groups in total. The Morgan fingerprint density at radius 2 is 2.24 bits per heavy atom. The number of H-pyrrole nitrogens is 1. The van der Waals surface area contributed by atoms with Crippen molar-refractivity contribution in [2.45, 2.75) is 25.4 Å². The zero-order chi connectivity index (χ0) is 17.2. The van der Waals surface area contributed by atoms with E-state index < -0.39 is 0 Å². The van der Waals surface area contributed by atoms with Crippen molar-refractivity contribution in [2.75, 3.05) is 18.0 Å². The number of hydrogen-bond donors (Lipinski definition) is 2. The molecule has 1 atom stereocenters. The van der Waals surface area contributed by atoms with Gasteiger partial charge in [0.15, 0.2) is 5.82 Å². The van der Waals surface area contributed by atoms with Crippen LogP contribution in [0.5, 0.6) is 0 Å². The van der Waals surface area contributed by atoms with Gasteiger partial charge in [0.25, 0.3) is 5.56 Å². The molecule has 3 heterocycles. The molecule has 25 heavy (non-hydrogen) atoms. The molecular formula is C18H22N6O. The average molecular weight is 338 g/mol. The lowest BCUT2D eigenvalue weighted by Crippen LogP contribution is -2.47. The van der Waals surface area contributed by atoms with Crippen LogP contribution in [0.15, 0.2) is 41.5 Å². The smallest absolute Gasteiger partial charge is 0.290 e. The molecule has 1 fully saturated rings. The summed E-state index contributed by atoms with van der Waals surface area (Å²) in [6, 6.07) is 8.48. The van der Waals surface area contributed by atoms with Crippen molar-refractivity contribution in [2.24, 2.45) is 7.05 Å². The van der Waals surface area contributed by atoms with Gasteiger partial charge in [-0.2, -0.15) is 0 Å². The fraction of sp³-hybridized carbons (Fsp3) is 0.389. The summed E-state index contributed by atoms with van der Waals surface area (Å²) in [5.74, 6) is 1.53. The third-order valence-electron chi connectivity index (χ3n) is 4.84. The number of anilines is 1. The maximum atomic E-state index is 12.0. The van der Waals surface area contributed by atoms with Gasteiger partial charge in [0.05, 0.1) is 17.6 Å². The molecule has 1 aliphatic heterocycles. The number of imidazole rings is 1. The molecule has 0 bridgehead atoms. The Balaban J connectivity index is 1.45. The van der Waals surface area contributed by atoms with E-state index in [0.29, 0.717) is 18.4 Å². The van der Waals surface area contributed by atoms with Gasteiger partial charge in [-0.3, -0.25) is 4.79 Å². The van der Waals surface area contributed by atoms with Crippen molar-refractivity contribution in [1.29, 1.82) is 0 Å². The molecule has 2 aromatic heterocycles. The molecule has 0 radical (unpaired) electrons. The monoisotopic (exact) mass is 338 g/mol. The van der Waals surface area contributed by atoms with Gasteiger partial charge in [-0.25, -0.2) is 9.97 Å². The Labute approximate surface area is 145 Å². The molecule has 0 unspecified atom stereocenters. The van der Waals surface area contributed by atoms with Gasteiger partial charge in [-0.05, 0) is 25.0 Å². The number of aromatic nitrogens is 4. The maximum Gasteiger partial charge on any atom is 0.290 e. The predicted molar refractivity (Wildman–Crippen MR) is 97.6 cm³/mol. The van der Waals surface area contributed by atoms with Gasteiger partial charge in [-0.1, -0.05) is 12.1 Å². The quantitative estimate of drug-likeness (QED) is 0.752. The molecule has 4 rings (SSSR count). The minimum Gasteiger partial charge on any atom is -0.350 e. The van der Waals surface area contributed by atoms with Crippen LogP contribution in [0.25, 0.3) is 11.0 Å². The summed E-state index contributed by atoms with van der Waals surface area (Å²) in [6.45, 7) is 2.36. The summed E-state index contributed by atoms with van der Waals surface area (Å²) >= 11 is 0. The molecule has 7 heteroatoms. The number of nitrogens with one attached hydrogen (secondary N) is 2. The molecule has 0 amide bonds. The first-order valence-corrected chi connectivity index (χ1v) is 8.65. The molecule has 1 aromatic carbocycles. The van der Waals surface area contributed by atoms with Crippen molar-refractivity contribution in [1.82, 2.24) is 24.8 Å². The summed E-state index contributed by atoms with van der Waals surface area (Å²) in [7, 11) is 2.05. The Bertz CT molecular complexity index is 930. The van der Waals surface area contributed by atoms with E-state index in [4.69, 9.17) is 4.98 Å². The third-order valence-corrected chi connectivity index (χ3v) is 4.84. The van der Waals surface area contributed by atoms with Crippen molar-refractivity contribution >= 4 is 16.9 Å². The molecule has 0 spiro atoms. The summed E-state index contributed by atoms with van der Waals surface area (Å²) in [4.78, 5) is 25.7. The fourth-order valence-electron chi connectivity index (χ4n) is 3.49. The van der Waals surface area contributed by atoms with Gasteiger partial charge in [0, 0.05) is 38.6 Å². The van der Waals surface area contributed by atoms with Gasteiger partial charge < -0.3 is 19.8 Å². The molecule has 3 aromatic rings. The molecular weight excluding hydrogens is 316 g/mol. The second kappa shape index (κ2) is 6.68. The van der Waals surface area contributed by atoms with Crippen molar-refractivity contribution in [3.63, 3.8) is 0 Å². The molecule has 1 saturated heterocycles. The number of nitrogens with zero attached hydrogens (tertiary/aromatic N) is 4. The topological polar surface area (TPSA) is 78.8 Å². The number of fused-ring (bicyclic) bond motifs is 1. The Hall–Kier alpha value is -2.67. The number of benzene rings is 1. The highest BCUT2D eigenvalue weighted by molar-refractivity contribution is 5.75. The molecule has 130 valence electrons. The van der Waals surface area contributed by atoms with E-state index in [2.05, 4.69) is 30.8 Å². The van der Waals surface area contributed by atoms with Crippen LogP contribution in [0.1, 0.15) is 18.7 Å². The molecule has 0 aliphatic carbocycles. The summed E-state index contributed by atoms with van der Waals surface area (Å²) in [5, 5.41) is 3.59. The Morgan fingerprint density at radius 3 is 3.08 bits per heavy atom. The number of rotatable bonds is 4. The summed E-state index contributed by atoms with van der Waals surface area (Å²) < 4.78 is 2.13. The third kappa shape index (κ3) is 3.15. The average Bonchev–Trinajstić information content (AvgIpc) is 2.97. The molecule has 7 nitrogen and oxygen atoms in total. The standard InChI is InChI=1S/C18H22N6O/c1-23-15-7-3-2-6-14(15)22-16(23)11-21-13-5-4-10-24(12-13)17-18(25)20-9-8-19-17/h2-3,6-9,13,21H,4-5,10-12H2,1H3,(H,20,25)/t13-/m0/s1. The lowest BCUT2D eigenvalue weighted by molar-refractivity contribution is 0.413. The number of piperidine rings is 1. The molecule has 1 aliphatic rings. The lowest BCUT2D eigenvalue weighted by Gasteiger charge is -2.33. The van der Waals surface area contributed by atoms with Crippen molar-refractivity contribution in [3.8, 4) is 0 Å². The number of aryl methyl sites for hydroxylation is 1. The van der Waals surface area contributed by atoms with Gasteiger partial charge >= 0.3 is 0 Å². The minimum absolute atomic E-state index is 0.126. The first kappa shape index (κ1) is 15.8. The highest BCUT2D eigenvalue weighted by Crippen LogP contribution is 2.17. The highest BCUT2D eigenvalue weighted by atomic mass is 16.1. The normalized spacial score (nSPS) is 18.0. The first-order chi connectivity index (χ1) is 12.2. The highest BCUT2D eigenvalue weighted by Gasteiger charge is 2.22. The second-order valence-electron chi connectivity index (χ2n) is 6.48. The van der Waals surface area contributed by atoms with Crippen LogP contribution < -0.4 is 15.8 Å². The first-order valence-electron chi connectivity index (χ1n) is 8.65. The van der Waals surface area contributed by atoms with Gasteiger partial charge in [0.1, 0.15) is 5.82 Å². The van der Waals surface area contributed by atoms with Crippen LogP contribution in [-0.4, -0.2) is 38.7 Å². The van der Waals surface area contributed by atoms with Crippen LogP contribution in [0.4, 0.5) is 5.82 Å². The van der Waals surface area contributed by atoms with Crippen LogP contribution in [0.2, 0.25) is 0 Å². The van der Waals surface area contributed by atoms with E-state index in [-0.39, 0.29) is 5.56 Å². The Kier molecular flexibility index (Phi) is 4.23. The van der Waals surface area contributed by atoms with E-state index in [1.165, 1.54) is 0 Å². The van der Waals surface area contributed by atoms with Gasteiger partial charge in [0.2, 0.25) is 0 Å².